The molecule has 6 heteroatoms. The molecular formula is C12H13ClN2O2S. The maximum Gasteiger partial charge on any atom is 0.202 e. The summed E-state index contributed by atoms with van der Waals surface area (Å²) in [6.07, 6.45) is 0. The predicted molar refractivity (Wildman–Crippen MR) is 71.1 cm³/mol. The second kappa shape index (κ2) is 4.26. The van der Waals surface area contributed by atoms with Crippen LogP contribution in [0.5, 0.6) is 0 Å². The van der Waals surface area contributed by atoms with E-state index in [2.05, 4.69) is 10.2 Å². The zero-order valence-electron chi connectivity index (χ0n) is 9.69. The molecule has 0 spiro atoms. The van der Waals surface area contributed by atoms with Crippen LogP contribution in [0.4, 0.5) is 0 Å². The molecule has 1 aromatic carbocycles. The molecule has 0 aliphatic carbocycles. The lowest BCUT2D eigenvalue weighted by molar-refractivity contribution is 0.341. The first kappa shape index (κ1) is 12.0. The van der Waals surface area contributed by atoms with Gasteiger partial charge in [-0.1, -0.05) is 17.7 Å². The first-order chi connectivity index (χ1) is 8.58. The number of fused-ring (bicyclic) bond motifs is 1. The lowest BCUT2D eigenvalue weighted by Gasteiger charge is -2.30. The molecular weight excluding hydrogens is 272 g/mol. The van der Waals surface area contributed by atoms with E-state index < -0.39 is 9.84 Å². The van der Waals surface area contributed by atoms with E-state index in [1.165, 1.54) is 11.5 Å². The average molecular weight is 285 g/mol. The van der Waals surface area contributed by atoms with Crippen molar-refractivity contribution in [3.8, 4) is 0 Å². The van der Waals surface area contributed by atoms with Crippen molar-refractivity contribution in [2.24, 2.45) is 0 Å². The Balaban J connectivity index is 2.08. The maximum atomic E-state index is 12.1. The fourth-order valence-corrected chi connectivity index (χ4v) is 4.07. The van der Waals surface area contributed by atoms with E-state index in [0.29, 0.717) is 9.92 Å². The number of nitrogens with one attached hydrogen (secondary N) is 1. The van der Waals surface area contributed by atoms with Gasteiger partial charge in [-0.25, -0.2) is 8.42 Å². The molecule has 18 heavy (non-hydrogen) atoms. The minimum atomic E-state index is -3.34. The van der Waals surface area contributed by atoms with Crippen molar-refractivity contribution in [2.75, 3.05) is 26.2 Å². The molecule has 1 aromatic rings. The van der Waals surface area contributed by atoms with Gasteiger partial charge in [-0.15, -0.1) is 0 Å². The van der Waals surface area contributed by atoms with Crippen molar-refractivity contribution < 1.29 is 8.42 Å². The van der Waals surface area contributed by atoms with E-state index in [9.17, 15) is 8.42 Å². The van der Waals surface area contributed by atoms with E-state index in [1.54, 1.807) is 12.1 Å². The van der Waals surface area contributed by atoms with E-state index in [-0.39, 0.29) is 0 Å². The highest BCUT2D eigenvalue weighted by Crippen LogP contribution is 2.36. The van der Waals surface area contributed by atoms with Crippen molar-refractivity contribution in [1.29, 1.82) is 0 Å². The number of piperazine rings is 1. The van der Waals surface area contributed by atoms with Gasteiger partial charge in [0.1, 0.15) is 0 Å². The fourth-order valence-electron chi connectivity index (χ4n) is 2.37. The quantitative estimate of drug-likeness (QED) is 0.845. The maximum absolute atomic E-state index is 12.1. The van der Waals surface area contributed by atoms with Gasteiger partial charge in [0.25, 0.3) is 0 Å². The molecule has 2 aliphatic rings. The smallest absolute Gasteiger partial charge is 0.202 e. The lowest BCUT2D eigenvalue weighted by atomic mass is 10.1. The third-order valence-electron chi connectivity index (χ3n) is 3.25. The Kier molecular flexibility index (Phi) is 2.84. The molecule has 4 nitrogen and oxygen atoms in total. The number of halogens is 1. The highest BCUT2D eigenvalue weighted by atomic mass is 35.5. The molecule has 0 unspecified atom stereocenters. The minimum absolute atomic E-state index is 0.323. The first-order valence-electron chi connectivity index (χ1n) is 5.80. The van der Waals surface area contributed by atoms with E-state index in [1.807, 2.05) is 0 Å². The topological polar surface area (TPSA) is 49.4 Å². The first-order valence-corrected chi connectivity index (χ1v) is 7.73. The molecule has 0 atom stereocenters. The molecule has 2 heterocycles. The predicted octanol–water partition coefficient (Wildman–Crippen LogP) is 1.33. The van der Waals surface area contributed by atoms with Crippen LogP contribution < -0.4 is 5.32 Å². The average Bonchev–Trinajstić information content (AvgIpc) is 2.63. The summed E-state index contributed by atoms with van der Waals surface area (Å²) < 4.78 is 24.2. The Morgan fingerprint density at radius 1 is 1.22 bits per heavy atom. The summed E-state index contributed by atoms with van der Waals surface area (Å²) in [5.41, 5.74) is 1.56. The fraction of sp³-hybridized carbons (Fsp3) is 0.333. The van der Waals surface area contributed by atoms with E-state index >= 15 is 0 Å². The van der Waals surface area contributed by atoms with Crippen LogP contribution in [0.25, 0.3) is 5.70 Å². The van der Waals surface area contributed by atoms with Crippen molar-refractivity contribution in [1.82, 2.24) is 10.2 Å². The van der Waals surface area contributed by atoms with Gasteiger partial charge < -0.3 is 10.2 Å². The molecule has 0 saturated carbocycles. The third-order valence-corrected chi connectivity index (χ3v) is 4.97. The summed E-state index contributed by atoms with van der Waals surface area (Å²) in [7, 11) is -3.34. The molecule has 3 rings (SSSR count). The molecule has 1 saturated heterocycles. The number of hydrogen-bond acceptors (Lipinski definition) is 4. The van der Waals surface area contributed by atoms with Gasteiger partial charge in [0.05, 0.1) is 16.0 Å². The number of nitrogens with zero attached hydrogens (tertiary/aromatic N) is 1. The summed E-state index contributed by atoms with van der Waals surface area (Å²) >= 11 is 5.87. The normalized spacial score (nSPS) is 21.6. The standard InChI is InChI=1S/C12H13ClN2O2S/c13-9-1-2-10-11(15-5-3-14-4-6-15)8-18(16,17)12(10)7-9/h1-2,7-8,14H,3-6H2. The summed E-state index contributed by atoms with van der Waals surface area (Å²) in [6.45, 7) is 3.40. The van der Waals surface area contributed by atoms with Crippen LogP contribution in [0.1, 0.15) is 5.56 Å². The molecule has 2 aliphatic heterocycles. The zero-order valence-corrected chi connectivity index (χ0v) is 11.3. The second-order valence-electron chi connectivity index (χ2n) is 4.43. The van der Waals surface area contributed by atoms with Crippen LogP contribution in [0.15, 0.2) is 28.5 Å². The minimum Gasteiger partial charge on any atom is -0.368 e. The Morgan fingerprint density at radius 3 is 2.67 bits per heavy atom. The Labute approximate surface area is 111 Å². The molecule has 0 amide bonds. The number of hydrogen-bond donors (Lipinski definition) is 1. The summed E-state index contributed by atoms with van der Waals surface area (Å²) in [5, 5.41) is 5.06. The third kappa shape index (κ3) is 1.92. The van der Waals surface area contributed by atoms with Gasteiger partial charge >= 0.3 is 0 Å². The lowest BCUT2D eigenvalue weighted by Crippen LogP contribution is -2.42. The molecule has 96 valence electrons. The van der Waals surface area contributed by atoms with Crippen molar-refractivity contribution >= 4 is 27.1 Å². The van der Waals surface area contributed by atoms with Gasteiger partial charge in [-0.2, -0.15) is 0 Å². The van der Waals surface area contributed by atoms with Gasteiger partial charge in [0.15, 0.2) is 0 Å². The van der Waals surface area contributed by atoms with Crippen LogP contribution >= 0.6 is 11.6 Å². The van der Waals surface area contributed by atoms with E-state index in [4.69, 9.17) is 11.6 Å². The van der Waals surface area contributed by atoms with Gasteiger partial charge in [-0.05, 0) is 12.1 Å². The second-order valence-corrected chi connectivity index (χ2v) is 6.63. The Morgan fingerprint density at radius 2 is 1.94 bits per heavy atom. The molecule has 0 aromatic heterocycles. The van der Waals surface area contributed by atoms with Gasteiger partial charge in [0, 0.05) is 36.8 Å². The number of sulfone groups is 1. The molecule has 0 radical (unpaired) electrons. The summed E-state index contributed by atoms with van der Waals surface area (Å²) in [6, 6.07) is 5.05. The van der Waals surface area contributed by atoms with Crippen LogP contribution in [-0.2, 0) is 9.84 Å². The largest absolute Gasteiger partial charge is 0.368 e. The van der Waals surface area contributed by atoms with Crippen molar-refractivity contribution in [3.05, 3.63) is 34.2 Å². The molecule has 1 fully saturated rings. The SMILES string of the molecule is O=S1(=O)C=C(N2CCNCC2)c2ccc(Cl)cc21. The number of benzene rings is 1. The summed E-state index contributed by atoms with van der Waals surface area (Å²) in [5.74, 6) is 0. The van der Waals surface area contributed by atoms with Gasteiger partial charge in [0.2, 0.25) is 9.84 Å². The van der Waals surface area contributed by atoms with Crippen LogP contribution in [-0.4, -0.2) is 39.5 Å². The Bertz CT molecular complexity index is 619. The van der Waals surface area contributed by atoms with Crippen LogP contribution in [0, 0.1) is 0 Å². The highest BCUT2D eigenvalue weighted by Gasteiger charge is 2.30. The highest BCUT2D eigenvalue weighted by molar-refractivity contribution is 7.95. The van der Waals surface area contributed by atoms with Crippen molar-refractivity contribution in [2.45, 2.75) is 4.90 Å². The number of rotatable bonds is 1. The van der Waals surface area contributed by atoms with Gasteiger partial charge in [-0.3, -0.25) is 0 Å². The van der Waals surface area contributed by atoms with Crippen LogP contribution in [0.3, 0.4) is 0 Å². The monoisotopic (exact) mass is 284 g/mol. The summed E-state index contributed by atoms with van der Waals surface area (Å²) in [4.78, 5) is 2.43. The molecule has 0 bridgehead atoms. The zero-order chi connectivity index (χ0) is 12.8. The molecule has 1 N–H and O–H groups in total. The Hall–Kier alpha value is -1.04. The van der Waals surface area contributed by atoms with Crippen molar-refractivity contribution in [3.63, 3.8) is 0 Å². The van der Waals surface area contributed by atoms with E-state index in [0.717, 1.165) is 37.4 Å². The van der Waals surface area contributed by atoms with Crippen LogP contribution in [0.2, 0.25) is 5.02 Å².